The van der Waals surface area contributed by atoms with E-state index in [0.29, 0.717) is 13.2 Å². The Balaban J connectivity index is 1.54. The Bertz CT molecular complexity index is 867. The van der Waals surface area contributed by atoms with Gasteiger partial charge in [0.25, 0.3) is 0 Å². The number of rotatable bonds is 8. The minimum Gasteiger partial charge on any atom is -0.491 e. The number of aryl methyl sites for hydroxylation is 1. The highest BCUT2D eigenvalue weighted by atomic mass is 16.6. The molecular weight excluding hydrogens is 330 g/mol. The molecule has 1 aromatic heterocycles. The van der Waals surface area contributed by atoms with E-state index in [-0.39, 0.29) is 12.2 Å². The van der Waals surface area contributed by atoms with Crippen LogP contribution in [0, 0.1) is 0 Å². The third-order valence-electron chi connectivity index (χ3n) is 4.93. The fraction of sp³-hybridized carbons (Fsp3) is 0.429. The summed E-state index contributed by atoms with van der Waals surface area (Å²) in [5.74, 6) is 1.78. The summed E-state index contributed by atoms with van der Waals surface area (Å²) in [6.45, 7) is 6.06. The van der Waals surface area contributed by atoms with Crippen LogP contribution in [-0.4, -0.2) is 43.2 Å². The number of hydrogen-bond donors (Lipinski definition) is 0. The maximum Gasteiger partial charge on any atom is 0.120 e. The molecule has 3 heterocycles. The second-order valence-corrected chi connectivity index (χ2v) is 7.04. The number of nitrogens with zero attached hydrogens (tertiary/aromatic N) is 1. The highest BCUT2D eigenvalue weighted by Gasteiger charge is 2.24. The number of ether oxygens (including phenoxy) is 4. The summed E-state index contributed by atoms with van der Waals surface area (Å²) < 4.78 is 24.6. The minimum absolute atomic E-state index is 0.261. The summed E-state index contributed by atoms with van der Waals surface area (Å²) in [7, 11) is 0. The van der Waals surface area contributed by atoms with Gasteiger partial charge >= 0.3 is 0 Å². The lowest BCUT2D eigenvalue weighted by atomic mass is 10.1. The molecule has 3 aromatic rings. The molecule has 2 aliphatic rings. The van der Waals surface area contributed by atoms with E-state index in [0.717, 1.165) is 37.7 Å². The van der Waals surface area contributed by atoms with Gasteiger partial charge in [0.05, 0.1) is 13.2 Å². The smallest absolute Gasteiger partial charge is 0.120 e. The minimum atomic E-state index is 0.261. The SMILES string of the molecule is CCCn1c2ccc(OCC3CO3)cc2c2cc(OCC3CO3)ccc21. The third-order valence-corrected chi connectivity index (χ3v) is 4.93. The Hall–Kier alpha value is -2.24. The zero-order chi connectivity index (χ0) is 17.5. The van der Waals surface area contributed by atoms with E-state index in [4.69, 9.17) is 18.9 Å². The van der Waals surface area contributed by atoms with E-state index >= 15 is 0 Å². The van der Waals surface area contributed by atoms with Crippen molar-refractivity contribution in [1.29, 1.82) is 0 Å². The number of hydrogen-bond acceptors (Lipinski definition) is 4. The second-order valence-electron chi connectivity index (χ2n) is 7.04. The van der Waals surface area contributed by atoms with E-state index in [1.54, 1.807) is 0 Å². The molecule has 2 unspecified atom stereocenters. The summed E-state index contributed by atoms with van der Waals surface area (Å²) in [4.78, 5) is 0. The van der Waals surface area contributed by atoms with Crippen molar-refractivity contribution >= 4 is 21.8 Å². The maximum atomic E-state index is 5.89. The van der Waals surface area contributed by atoms with E-state index < -0.39 is 0 Å². The van der Waals surface area contributed by atoms with Crippen molar-refractivity contribution in [3.05, 3.63) is 36.4 Å². The van der Waals surface area contributed by atoms with Crippen LogP contribution >= 0.6 is 0 Å². The largest absolute Gasteiger partial charge is 0.491 e. The number of aromatic nitrogens is 1. The molecule has 0 radical (unpaired) electrons. The first-order chi connectivity index (χ1) is 12.8. The van der Waals surface area contributed by atoms with Gasteiger partial charge in [-0.05, 0) is 42.8 Å². The summed E-state index contributed by atoms with van der Waals surface area (Å²) >= 11 is 0. The molecule has 2 saturated heterocycles. The Morgan fingerprint density at radius 2 is 1.38 bits per heavy atom. The zero-order valence-corrected chi connectivity index (χ0v) is 14.9. The molecular formula is C21H23NO4. The van der Waals surface area contributed by atoms with Crippen LogP contribution in [0.5, 0.6) is 11.5 Å². The summed E-state index contributed by atoms with van der Waals surface area (Å²) in [6.07, 6.45) is 1.61. The predicted octanol–water partition coefficient (Wildman–Crippen LogP) is 3.76. The maximum absolute atomic E-state index is 5.89. The van der Waals surface area contributed by atoms with E-state index in [1.807, 2.05) is 0 Å². The molecule has 136 valence electrons. The van der Waals surface area contributed by atoms with Crippen LogP contribution < -0.4 is 9.47 Å². The van der Waals surface area contributed by atoms with Crippen LogP contribution in [0.3, 0.4) is 0 Å². The normalized spacial score (nSPS) is 21.3. The fourth-order valence-corrected chi connectivity index (χ4v) is 3.41. The zero-order valence-electron chi connectivity index (χ0n) is 14.9. The van der Waals surface area contributed by atoms with Crippen molar-refractivity contribution < 1.29 is 18.9 Å². The molecule has 0 N–H and O–H groups in total. The third kappa shape index (κ3) is 3.13. The Labute approximate surface area is 152 Å². The first kappa shape index (κ1) is 16.0. The number of fused-ring (bicyclic) bond motifs is 3. The Morgan fingerprint density at radius 1 is 0.885 bits per heavy atom. The molecule has 26 heavy (non-hydrogen) atoms. The molecule has 0 aliphatic carbocycles. The molecule has 2 atom stereocenters. The van der Waals surface area contributed by atoms with Gasteiger partial charge in [-0.15, -0.1) is 0 Å². The van der Waals surface area contributed by atoms with Crippen molar-refractivity contribution in [2.75, 3.05) is 26.4 Å². The fourth-order valence-electron chi connectivity index (χ4n) is 3.41. The van der Waals surface area contributed by atoms with Crippen molar-refractivity contribution in [3.8, 4) is 11.5 Å². The average Bonchev–Trinajstić information content (AvgIpc) is 3.58. The topological polar surface area (TPSA) is 48.5 Å². The Morgan fingerprint density at radius 3 is 1.81 bits per heavy atom. The molecule has 0 amide bonds. The van der Waals surface area contributed by atoms with Gasteiger partial charge in [-0.3, -0.25) is 0 Å². The quantitative estimate of drug-likeness (QED) is 0.579. The van der Waals surface area contributed by atoms with Crippen LogP contribution in [0.2, 0.25) is 0 Å². The van der Waals surface area contributed by atoms with Crippen LogP contribution in [0.1, 0.15) is 13.3 Å². The van der Waals surface area contributed by atoms with Gasteiger partial charge in [0.2, 0.25) is 0 Å². The highest BCUT2D eigenvalue weighted by Crippen LogP contribution is 2.34. The van der Waals surface area contributed by atoms with Crippen molar-refractivity contribution in [2.45, 2.75) is 32.1 Å². The molecule has 5 rings (SSSR count). The lowest BCUT2D eigenvalue weighted by Crippen LogP contribution is -2.03. The number of benzene rings is 2. The van der Waals surface area contributed by atoms with Gasteiger partial charge in [0, 0.05) is 28.4 Å². The molecule has 2 aromatic carbocycles. The summed E-state index contributed by atoms with van der Waals surface area (Å²) in [6, 6.07) is 12.7. The van der Waals surface area contributed by atoms with E-state index in [1.165, 1.54) is 21.8 Å². The monoisotopic (exact) mass is 353 g/mol. The number of epoxide rings is 2. The molecule has 5 nitrogen and oxygen atoms in total. The predicted molar refractivity (Wildman–Crippen MR) is 100 cm³/mol. The van der Waals surface area contributed by atoms with Gasteiger partial charge < -0.3 is 23.5 Å². The van der Waals surface area contributed by atoms with Crippen molar-refractivity contribution in [1.82, 2.24) is 4.57 Å². The average molecular weight is 353 g/mol. The van der Waals surface area contributed by atoms with Crippen LogP contribution in [0.25, 0.3) is 21.8 Å². The first-order valence-electron chi connectivity index (χ1n) is 9.36. The lowest BCUT2D eigenvalue weighted by molar-refractivity contribution is 0.263. The van der Waals surface area contributed by atoms with Crippen LogP contribution in [-0.2, 0) is 16.0 Å². The summed E-state index contributed by atoms with van der Waals surface area (Å²) in [5.41, 5.74) is 2.47. The van der Waals surface area contributed by atoms with Gasteiger partial charge in [-0.25, -0.2) is 0 Å². The first-order valence-corrected chi connectivity index (χ1v) is 9.36. The van der Waals surface area contributed by atoms with Crippen LogP contribution in [0.4, 0.5) is 0 Å². The van der Waals surface area contributed by atoms with Gasteiger partial charge in [0.1, 0.15) is 36.9 Å². The molecule has 5 heteroatoms. The lowest BCUT2D eigenvalue weighted by Gasteiger charge is -2.07. The molecule has 0 spiro atoms. The van der Waals surface area contributed by atoms with E-state index in [9.17, 15) is 0 Å². The highest BCUT2D eigenvalue weighted by molar-refractivity contribution is 6.09. The van der Waals surface area contributed by atoms with Gasteiger partial charge in [0.15, 0.2) is 0 Å². The summed E-state index contributed by atoms with van der Waals surface area (Å²) in [5, 5.41) is 2.41. The van der Waals surface area contributed by atoms with Gasteiger partial charge in [-0.1, -0.05) is 6.92 Å². The molecule has 0 bridgehead atoms. The van der Waals surface area contributed by atoms with Crippen molar-refractivity contribution in [3.63, 3.8) is 0 Å². The van der Waals surface area contributed by atoms with E-state index in [2.05, 4.69) is 47.9 Å². The molecule has 2 fully saturated rings. The van der Waals surface area contributed by atoms with Crippen molar-refractivity contribution in [2.24, 2.45) is 0 Å². The standard InChI is InChI=1S/C21H23NO4/c1-2-7-22-20-5-3-14(23-10-16-12-25-16)8-18(20)19-9-15(4-6-21(19)22)24-11-17-13-26-17/h3-6,8-9,16-17H,2,7,10-13H2,1H3. The molecule has 2 aliphatic heterocycles. The van der Waals surface area contributed by atoms with Crippen LogP contribution in [0.15, 0.2) is 36.4 Å². The Kier molecular flexibility index (Phi) is 3.98. The molecule has 0 saturated carbocycles. The van der Waals surface area contributed by atoms with Gasteiger partial charge in [-0.2, -0.15) is 0 Å². The second kappa shape index (κ2) is 6.49.